The molecule has 0 saturated heterocycles. The molecule has 4 atom stereocenters. The van der Waals surface area contributed by atoms with E-state index in [1.807, 2.05) is 0 Å². The average molecular weight is 237 g/mol. The number of nitrogens with one attached hydrogen (secondary N) is 1. The number of fused-ring (bicyclic) bond motifs is 2. The lowest BCUT2D eigenvalue weighted by molar-refractivity contribution is 0.235. The summed E-state index contributed by atoms with van der Waals surface area (Å²) in [5.41, 5.74) is 0.507. The summed E-state index contributed by atoms with van der Waals surface area (Å²) in [4.78, 5) is 0. The van der Waals surface area contributed by atoms with E-state index in [1.165, 1.54) is 38.5 Å². The predicted molar refractivity (Wildman–Crippen MR) is 75.1 cm³/mol. The van der Waals surface area contributed by atoms with Gasteiger partial charge in [-0.2, -0.15) is 0 Å². The zero-order valence-corrected chi connectivity index (χ0v) is 12.3. The van der Waals surface area contributed by atoms with E-state index in [1.54, 1.807) is 6.42 Å². The van der Waals surface area contributed by atoms with E-state index < -0.39 is 0 Å². The third-order valence-electron chi connectivity index (χ3n) is 5.12. The molecule has 0 spiro atoms. The molecule has 2 rings (SSSR count). The molecule has 0 aromatic rings. The quantitative estimate of drug-likeness (QED) is 0.754. The standard InChI is InChI=1S/C16H31N/c1-16(2,3)9-5-6-15(17-4)14-11-12-7-8-13(14)10-12/h12-15,17H,5-11H2,1-4H3. The predicted octanol–water partition coefficient (Wildman–Crippen LogP) is 4.23. The molecule has 4 unspecified atom stereocenters. The van der Waals surface area contributed by atoms with Crippen molar-refractivity contribution in [2.75, 3.05) is 7.05 Å². The third kappa shape index (κ3) is 3.47. The van der Waals surface area contributed by atoms with Crippen LogP contribution in [0.15, 0.2) is 0 Å². The Balaban J connectivity index is 1.77. The Labute approximate surface area is 108 Å². The SMILES string of the molecule is CNC(CCCC(C)(C)C)C1CC2CCC1C2. The zero-order valence-electron chi connectivity index (χ0n) is 12.3. The fraction of sp³-hybridized carbons (Fsp3) is 1.00. The van der Waals surface area contributed by atoms with Crippen molar-refractivity contribution in [3.63, 3.8) is 0 Å². The van der Waals surface area contributed by atoms with Gasteiger partial charge in [0.2, 0.25) is 0 Å². The van der Waals surface area contributed by atoms with Gasteiger partial charge in [-0.05, 0) is 62.3 Å². The largest absolute Gasteiger partial charge is 0.317 e. The summed E-state index contributed by atoms with van der Waals surface area (Å²) < 4.78 is 0. The van der Waals surface area contributed by atoms with E-state index in [0.29, 0.717) is 5.41 Å². The first-order valence-corrected chi connectivity index (χ1v) is 7.67. The second kappa shape index (κ2) is 5.30. The van der Waals surface area contributed by atoms with Crippen LogP contribution in [0.1, 0.15) is 65.7 Å². The molecular weight excluding hydrogens is 206 g/mol. The molecular formula is C16H31N. The minimum Gasteiger partial charge on any atom is -0.317 e. The van der Waals surface area contributed by atoms with Crippen molar-refractivity contribution < 1.29 is 0 Å². The van der Waals surface area contributed by atoms with E-state index >= 15 is 0 Å². The molecule has 0 amide bonds. The van der Waals surface area contributed by atoms with Crippen molar-refractivity contribution in [1.29, 1.82) is 0 Å². The van der Waals surface area contributed by atoms with Crippen molar-refractivity contribution in [3.05, 3.63) is 0 Å². The summed E-state index contributed by atoms with van der Waals surface area (Å²) in [5, 5.41) is 3.62. The summed E-state index contributed by atoms with van der Waals surface area (Å²) in [7, 11) is 2.17. The molecule has 2 saturated carbocycles. The third-order valence-corrected chi connectivity index (χ3v) is 5.12. The molecule has 1 nitrogen and oxygen atoms in total. The normalized spacial score (nSPS) is 34.2. The van der Waals surface area contributed by atoms with Gasteiger partial charge in [-0.15, -0.1) is 0 Å². The van der Waals surface area contributed by atoms with Crippen molar-refractivity contribution in [3.8, 4) is 0 Å². The fourth-order valence-corrected chi connectivity index (χ4v) is 4.21. The molecule has 17 heavy (non-hydrogen) atoms. The highest BCUT2D eigenvalue weighted by molar-refractivity contribution is 4.94. The summed E-state index contributed by atoms with van der Waals surface area (Å²) in [6.45, 7) is 7.08. The van der Waals surface area contributed by atoms with Gasteiger partial charge in [-0.3, -0.25) is 0 Å². The smallest absolute Gasteiger partial charge is 0.00950 e. The second-order valence-electron chi connectivity index (χ2n) is 7.69. The molecule has 0 radical (unpaired) electrons. The van der Waals surface area contributed by atoms with E-state index in [2.05, 4.69) is 33.1 Å². The maximum absolute atomic E-state index is 3.62. The topological polar surface area (TPSA) is 12.0 Å². The maximum atomic E-state index is 3.62. The van der Waals surface area contributed by atoms with Crippen LogP contribution in [-0.4, -0.2) is 13.1 Å². The molecule has 100 valence electrons. The fourth-order valence-electron chi connectivity index (χ4n) is 4.21. The van der Waals surface area contributed by atoms with E-state index in [-0.39, 0.29) is 0 Å². The minimum absolute atomic E-state index is 0.507. The molecule has 2 aliphatic carbocycles. The van der Waals surface area contributed by atoms with Gasteiger partial charge in [-0.1, -0.05) is 33.6 Å². The van der Waals surface area contributed by atoms with Gasteiger partial charge in [0.05, 0.1) is 0 Å². The molecule has 2 bridgehead atoms. The Morgan fingerprint density at radius 3 is 2.41 bits per heavy atom. The van der Waals surface area contributed by atoms with Crippen LogP contribution >= 0.6 is 0 Å². The highest BCUT2D eigenvalue weighted by atomic mass is 14.9. The lowest BCUT2D eigenvalue weighted by atomic mass is 9.80. The Bertz CT molecular complexity index is 240. The molecule has 0 aliphatic heterocycles. The van der Waals surface area contributed by atoms with Crippen LogP contribution in [0.25, 0.3) is 0 Å². The number of rotatable bonds is 5. The molecule has 0 aromatic carbocycles. The van der Waals surface area contributed by atoms with Gasteiger partial charge >= 0.3 is 0 Å². The van der Waals surface area contributed by atoms with Crippen LogP contribution in [0.2, 0.25) is 0 Å². The van der Waals surface area contributed by atoms with Crippen LogP contribution in [-0.2, 0) is 0 Å². The van der Waals surface area contributed by atoms with Gasteiger partial charge in [0.15, 0.2) is 0 Å². The second-order valence-corrected chi connectivity index (χ2v) is 7.69. The van der Waals surface area contributed by atoms with Crippen molar-refractivity contribution in [1.82, 2.24) is 5.32 Å². The molecule has 0 aromatic heterocycles. The van der Waals surface area contributed by atoms with Crippen LogP contribution in [0.5, 0.6) is 0 Å². The number of hydrogen-bond acceptors (Lipinski definition) is 1. The first-order valence-electron chi connectivity index (χ1n) is 7.67. The molecule has 2 aliphatic rings. The molecule has 2 fully saturated rings. The highest BCUT2D eigenvalue weighted by Gasteiger charge is 2.42. The lowest BCUT2D eigenvalue weighted by Crippen LogP contribution is -2.36. The Hall–Kier alpha value is -0.0400. The Morgan fingerprint density at radius 2 is 1.94 bits per heavy atom. The summed E-state index contributed by atoms with van der Waals surface area (Å²) in [6.07, 6.45) is 10.3. The van der Waals surface area contributed by atoms with Gasteiger partial charge in [0.25, 0.3) is 0 Å². The first kappa shape index (κ1) is 13.4. The Morgan fingerprint density at radius 1 is 1.18 bits per heavy atom. The van der Waals surface area contributed by atoms with Crippen molar-refractivity contribution >= 4 is 0 Å². The van der Waals surface area contributed by atoms with Crippen LogP contribution in [0.4, 0.5) is 0 Å². The van der Waals surface area contributed by atoms with Crippen LogP contribution < -0.4 is 5.32 Å². The van der Waals surface area contributed by atoms with Gasteiger partial charge in [0, 0.05) is 6.04 Å². The van der Waals surface area contributed by atoms with E-state index in [0.717, 1.165) is 23.8 Å². The van der Waals surface area contributed by atoms with Crippen LogP contribution in [0, 0.1) is 23.2 Å². The van der Waals surface area contributed by atoms with Gasteiger partial charge in [-0.25, -0.2) is 0 Å². The Kier molecular flexibility index (Phi) is 4.18. The van der Waals surface area contributed by atoms with Crippen molar-refractivity contribution in [2.45, 2.75) is 71.8 Å². The van der Waals surface area contributed by atoms with Gasteiger partial charge < -0.3 is 5.32 Å². The van der Waals surface area contributed by atoms with Gasteiger partial charge in [0.1, 0.15) is 0 Å². The zero-order chi connectivity index (χ0) is 12.5. The average Bonchev–Trinajstić information content (AvgIpc) is 2.84. The van der Waals surface area contributed by atoms with Crippen LogP contribution in [0.3, 0.4) is 0 Å². The minimum atomic E-state index is 0.507. The van der Waals surface area contributed by atoms with Crippen molar-refractivity contribution in [2.24, 2.45) is 23.2 Å². The summed E-state index contributed by atoms with van der Waals surface area (Å²) >= 11 is 0. The molecule has 1 N–H and O–H groups in total. The first-order chi connectivity index (χ1) is 7.99. The van der Waals surface area contributed by atoms with E-state index in [9.17, 15) is 0 Å². The number of hydrogen-bond donors (Lipinski definition) is 1. The monoisotopic (exact) mass is 237 g/mol. The van der Waals surface area contributed by atoms with E-state index in [4.69, 9.17) is 0 Å². The highest BCUT2D eigenvalue weighted by Crippen LogP contribution is 2.50. The molecule has 0 heterocycles. The molecule has 1 heteroatoms. The summed E-state index contributed by atoms with van der Waals surface area (Å²) in [6, 6.07) is 0.799. The maximum Gasteiger partial charge on any atom is 0.00950 e. The summed E-state index contributed by atoms with van der Waals surface area (Å²) in [5.74, 6) is 3.15. The lowest BCUT2D eigenvalue weighted by Gasteiger charge is -2.31.